The Morgan fingerprint density at radius 1 is 1.10 bits per heavy atom. The number of benzene rings is 2. The Labute approximate surface area is 141 Å². The van der Waals surface area contributed by atoms with Crippen LogP contribution < -0.4 is 0 Å². The first-order valence-corrected chi connectivity index (χ1v) is 7.76. The molecule has 0 spiro atoms. The van der Waals surface area contributed by atoms with Crippen molar-refractivity contribution < 1.29 is 4.79 Å². The molecule has 2 rings (SSSR count). The maximum Gasteiger partial charge on any atom is 0.255 e. The molecule has 0 atom stereocenters. The van der Waals surface area contributed by atoms with Crippen LogP contribution in [0.25, 0.3) is 0 Å². The normalized spacial score (nSPS) is 10.4. The predicted octanol–water partition coefficient (Wildman–Crippen LogP) is 4.87. The van der Waals surface area contributed by atoms with Crippen molar-refractivity contribution in [2.75, 3.05) is 7.05 Å². The van der Waals surface area contributed by atoms with Gasteiger partial charge in [0.15, 0.2) is 0 Å². The summed E-state index contributed by atoms with van der Waals surface area (Å²) in [7, 11) is 1.77. The monoisotopic (exact) mass is 419 g/mol. The van der Waals surface area contributed by atoms with Crippen molar-refractivity contribution in [2.45, 2.75) is 6.54 Å². The molecule has 0 radical (unpaired) electrons. The van der Waals surface area contributed by atoms with E-state index in [1.54, 1.807) is 24.1 Å². The number of halogens is 3. The van der Waals surface area contributed by atoms with Gasteiger partial charge in [0, 0.05) is 27.2 Å². The van der Waals surface area contributed by atoms with Gasteiger partial charge in [-0.05, 0) is 58.5 Å². The first-order chi connectivity index (χ1) is 9.47. The van der Waals surface area contributed by atoms with Crippen molar-refractivity contribution in [3.05, 3.63) is 67.2 Å². The summed E-state index contributed by atoms with van der Waals surface area (Å²) < 4.78 is 0.889. The van der Waals surface area contributed by atoms with Crippen LogP contribution in [0.5, 0.6) is 0 Å². The van der Waals surface area contributed by atoms with E-state index in [4.69, 9.17) is 23.2 Å². The fourth-order valence-corrected chi connectivity index (χ4v) is 2.67. The summed E-state index contributed by atoms with van der Waals surface area (Å²) in [6, 6.07) is 12.8. The fraction of sp³-hybridized carbons (Fsp3) is 0.133. The molecule has 0 fully saturated rings. The van der Waals surface area contributed by atoms with E-state index in [0.29, 0.717) is 22.2 Å². The molecule has 0 saturated carbocycles. The number of carbonyl (C=O) groups excluding carboxylic acids is 1. The molecular weight excluding hydrogens is 408 g/mol. The average molecular weight is 420 g/mol. The van der Waals surface area contributed by atoms with Crippen LogP contribution in [-0.2, 0) is 6.54 Å². The van der Waals surface area contributed by atoms with E-state index in [-0.39, 0.29) is 5.91 Å². The van der Waals surface area contributed by atoms with Gasteiger partial charge in [0.05, 0.1) is 5.56 Å². The molecule has 2 nitrogen and oxygen atoms in total. The maximum atomic E-state index is 12.4. The lowest BCUT2D eigenvalue weighted by Crippen LogP contribution is -2.26. The zero-order valence-electron chi connectivity index (χ0n) is 10.7. The molecule has 2 aromatic carbocycles. The van der Waals surface area contributed by atoms with E-state index in [1.807, 2.05) is 30.3 Å². The number of rotatable bonds is 3. The van der Waals surface area contributed by atoms with Crippen molar-refractivity contribution in [2.24, 2.45) is 0 Å². The number of hydrogen-bond donors (Lipinski definition) is 0. The molecule has 0 bridgehead atoms. The summed E-state index contributed by atoms with van der Waals surface area (Å²) in [6.45, 7) is 0.526. The molecule has 0 heterocycles. The van der Waals surface area contributed by atoms with E-state index in [9.17, 15) is 4.79 Å². The minimum absolute atomic E-state index is 0.0492. The van der Waals surface area contributed by atoms with Crippen molar-refractivity contribution in [1.29, 1.82) is 0 Å². The third-order valence-electron chi connectivity index (χ3n) is 2.84. The summed E-state index contributed by atoms with van der Waals surface area (Å²) in [5, 5.41) is 1.25. The highest BCUT2D eigenvalue weighted by atomic mass is 127. The first-order valence-electron chi connectivity index (χ1n) is 5.92. The van der Waals surface area contributed by atoms with Gasteiger partial charge >= 0.3 is 0 Å². The average Bonchev–Trinajstić information content (AvgIpc) is 2.43. The molecule has 2 aromatic rings. The first kappa shape index (κ1) is 15.6. The lowest BCUT2D eigenvalue weighted by molar-refractivity contribution is 0.0784. The van der Waals surface area contributed by atoms with Crippen LogP contribution in [0.3, 0.4) is 0 Å². The minimum Gasteiger partial charge on any atom is -0.337 e. The number of amides is 1. The van der Waals surface area contributed by atoms with Gasteiger partial charge in [-0.1, -0.05) is 35.3 Å². The quantitative estimate of drug-likeness (QED) is 0.650. The van der Waals surface area contributed by atoms with Crippen LogP contribution in [0, 0.1) is 3.57 Å². The van der Waals surface area contributed by atoms with Crippen molar-refractivity contribution in [3.8, 4) is 0 Å². The molecule has 0 aliphatic rings. The number of hydrogen-bond acceptors (Lipinski definition) is 1. The molecule has 0 unspecified atom stereocenters. The van der Waals surface area contributed by atoms with Crippen molar-refractivity contribution in [3.63, 3.8) is 0 Å². The van der Waals surface area contributed by atoms with Gasteiger partial charge in [0.1, 0.15) is 0 Å². The lowest BCUT2D eigenvalue weighted by atomic mass is 10.1. The Hall–Kier alpha value is -0.780. The predicted molar refractivity (Wildman–Crippen MR) is 91.4 cm³/mol. The van der Waals surface area contributed by atoms with Crippen molar-refractivity contribution >= 4 is 51.7 Å². The van der Waals surface area contributed by atoms with Crippen LogP contribution in [0.4, 0.5) is 0 Å². The van der Waals surface area contributed by atoms with Gasteiger partial charge in [0.2, 0.25) is 0 Å². The minimum atomic E-state index is -0.0492. The van der Waals surface area contributed by atoms with Gasteiger partial charge in [-0.15, -0.1) is 0 Å². The van der Waals surface area contributed by atoms with Crippen molar-refractivity contribution in [1.82, 2.24) is 4.90 Å². The second-order valence-electron chi connectivity index (χ2n) is 4.41. The number of carbonyl (C=O) groups is 1. The second kappa shape index (κ2) is 6.78. The number of nitrogens with zero attached hydrogens (tertiary/aromatic N) is 1. The van der Waals surface area contributed by atoms with Gasteiger partial charge < -0.3 is 4.90 Å². The Morgan fingerprint density at radius 3 is 2.35 bits per heavy atom. The Morgan fingerprint density at radius 2 is 1.70 bits per heavy atom. The molecule has 0 N–H and O–H groups in total. The van der Waals surface area contributed by atoms with Crippen LogP contribution in [-0.4, -0.2) is 17.9 Å². The third kappa shape index (κ3) is 3.87. The van der Waals surface area contributed by atoms with Crippen LogP contribution in [0.2, 0.25) is 10.0 Å². The molecule has 1 amide bonds. The van der Waals surface area contributed by atoms with Crippen LogP contribution >= 0.6 is 45.8 Å². The highest BCUT2D eigenvalue weighted by Gasteiger charge is 2.15. The molecule has 0 aliphatic heterocycles. The smallest absolute Gasteiger partial charge is 0.255 e. The third-order valence-corrected chi connectivity index (χ3v) is 4.27. The largest absolute Gasteiger partial charge is 0.337 e. The van der Waals surface area contributed by atoms with E-state index in [2.05, 4.69) is 22.6 Å². The Kier molecular flexibility index (Phi) is 5.29. The Bertz CT molecular complexity index is 628. The van der Waals surface area contributed by atoms with E-state index in [1.165, 1.54) is 0 Å². The summed E-state index contributed by atoms with van der Waals surface area (Å²) in [6.07, 6.45) is 0. The molecule has 0 aliphatic carbocycles. The zero-order chi connectivity index (χ0) is 14.7. The molecule has 0 saturated heterocycles. The van der Waals surface area contributed by atoms with Crippen LogP contribution in [0.1, 0.15) is 15.9 Å². The highest BCUT2D eigenvalue weighted by Crippen LogP contribution is 2.20. The zero-order valence-corrected chi connectivity index (χ0v) is 14.4. The lowest BCUT2D eigenvalue weighted by Gasteiger charge is -2.18. The second-order valence-corrected chi connectivity index (χ2v) is 6.45. The van der Waals surface area contributed by atoms with E-state index in [0.717, 1.165) is 9.13 Å². The summed E-state index contributed by atoms with van der Waals surface area (Å²) in [5.41, 5.74) is 1.65. The molecular formula is C15H12Cl2INO. The van der Waals surface area contributed by atoms with Gasteiger partial charge in [0.25, 0.3) is 5.91 Å². The van der Waals surface area contributed by atoms with Crippen LogP contribution in [0.15, 0.2) is 42.5 Å². The molecule has 5 heteroatoms. The highest BCUT2D eigenvalue weighted by molar-refractivity contribution is 14.1. The summed E-state index contributed by atoms with van der Waals surface area (Å²) in [5.74, 6) is -0.0492. The summed E-state index contributed by atoms with van der Waals surface area (Å²) in [4.78, 5) is 14.1. The molecule has 20 heavy (non-hydrogen) atoms. The van der Waals surface area contributed by atoms with E-state index < -0.39 is 0 Å². The van der Waals surface area contributed by atoms with Gasteiger partial charge in [-0.25, -0.2) is 0 Å². The van der Waals surface area contributed by atoms with E-state index >= 15 is 0 Å². The summed E-state index contributed by atoms with van der Waals surface area (Å²) >= 11 is 13.9. The SMILES string of the molecule is CN(Cc1ccc(Cl)cc1)C(=O)c1cc(Cl)ccc1I. The Balaban J connectivity index is 2.16. The maximum absolute atomic E-state index is 12.4. The standard InChI is InChI=1S/C15H12Cl2INO/c1-19(9-10-2-4-11(16)5-3-10)15(20)13-8-12(17)6-7-14(13)18/h2-8H,9H2,1H3. The van der Waals surface area contributed by atoms with Gasteiger partial charge in [-0.2, -0.15) is 0 Å². The molecule has 0 aromatic heterocycles. The van der Waals surface area contributed by atoms with Gasteiger partial charge in [-0.3, -0.25) is 4.79 Å². The molecule has 104 valence electrons. The topological polar surface area (TPSA) is 20.3 Å². The fourth-order valence-electron chi connectivity index (χ4n) is 1.80.